The van der Waals surface area contributed by atoms with Crippen LogP contribution in [0, 0.1) is 0 Å². The lowest BCUT2D eigenvalue weighted by molar-refractivity contribution is -0.137. The molecule has 0 radical (unpaired) electrons. The van der Waals surface area contributed by atoms with E-state index in [0.29, 0.717) is 5.95 Å². The van der Waals surface area contributed by atoms with E-state index in [1.165, 1.54) is 16.8 Å². The summed E-state index contributed by atoms with van der Waals surface area (Å²) in [4.78, 5) is 4.08. The third-order valence-electron chi connectivity index (χ3n) is 2.59. The van der Waals surface area contributed by atoms with Crippen LogP contribution in [0.15, 0.2) is 30.6 Å². The van der Waals surface area contributed by atoms with E-state index in [1.807, 2.05) is 13.8 Å². The average molecular weight is 304 g/mol. The minimum absolute atomic E-state index is 0.0979. The van der Waals surface area contributed by atoms with Gasteiger partial charge in [0.25, 0.3) is 0 Å². The van der Waals surface area contributed by atoms with E-state index >= 15 is 0 Å². The second-order valence-electron chi connectivity index (χ2n) is 4.58. The van der Waals surface area contributed by atoms with Gasteiger partial charge in [0.15, 0.2) is 0 Å². The molecule has 1 heterocycles. The lowest BCUT2D eigenvalue weighted by Crippen LogP contribution is -2.14. The summed E-state index contributed by atoms with van der Waals surface area (Å²) in [7, 11) is 0. The van der Waals surface area contributed by atoms with Gasteiger partial charge in [-0.25, -0.2) is 4.98 Å². The van der Waals surface area contributed by atoms with Gasteiger partial charge in [-0.15, -0.1) is 0 Å². The molecular formula is C13H13ClF3N3. The van der Waals surface area contributed by atoms with E-state index in [9.17, 15) is 13.2 Å². The second-order valence-corrected chi connectivity index (χ2v) is 4.99. The zero-order valence-electron chi connectivity index (χ0n) is 10.9. The largest absolute Gasteiger partial charge is 0.416 e. The monoisotopic (exact) mass is 303 g/mol. The van der Waals surface area contributed by atoms with Crippen molar-refractivity contribution in [1.29, 1.82) is 0 Å². The Labute approximate surface area is 119 Å². The van der Waals surface area contributed by atoms with Gasteiger partial charge in [0.05, 0.1) is 16.3 Å². The molecule has 20 heavy (non-hydrogen) atoms. The van der Waals surface area contributed by atoms with E-state index in [2.05, 4.69) is 10.3 Å². The Bertz CT molecular complexity index is 605. The number of nitrogens with zero attached hydrogens (tertiary/aromatic N) is 2. The van der Waals surface area contributed by atoms with Crippen molar-refractivity contribution in [2.24, 2.45) is 0 Å². The van der Waals surface area contributed by atoms with E-state index < -0.39 is 11.7 Å². The van der Waals surface area contributed by atoms with Crippen LogP contribution in [0.4, 0.5) is 19.1 Å². The quantitative estimate of drug-likeness (QED) is 0.912. The van der Waals surface area contributed by atoms with Gasteiger partial charge in [-0.1, -0.05) is 11.6 Å². The van der Waals surface area contributed by atoms with E-state index in [-0.39, 0.29) is 16.8 Å². The second kappa shape index (κ2) is 5.36. The molecule has 0 aliphatic rings. The van der Waals surface area contributed by atoms with Crippen molar-refractivity contribution in [2.45, 2.75) is 26.1 Å². The average Bonchev–Trinajstić information content (AvgIpc) is 2.75. The zero-order chi connectivity index (χ0) is 14.9. The number of anilines is 1. The van der Waals surface area contributed by atoms with E-state index in [4.69, 9.17) is 11.6 Å². The Balaban J connectivity index is 2.50. The van der Waals surface area contributed by atoms with Crippen LogP contribution in [0.3, 0.4) is 0 Å². The summed E-state index contributed by atoms with van der Waals surface area (Å²) in [6.07, 6.45) is -1.35. The maximum absolute atomic E-state index is 12.8. The molecule has 108 valence electrons. The number of benzene rings is 1. The van der Waals surface area contributed by atoms with Crippen molar-refractivity contribution in [3.63, 3.8) is 0 Å². The number of nitrogens with one attached hydrogen (secondary N) is 1. The molecule has 0 aliphatic carbocycles. The highest BCUT2D eigenvalue weighted by Gasteiger charge is 2.31. The predicted molar refractivity (Wildman–Crippen MR) is 72.3 cm³/mol. The molecule has 0 unspecified atom stereocenters. The summed E-state index contributed by atoms with van der Waals surface area (Å²) in [6.45, 7) is 3.82. The number of hydrogen-bond acceptors (Lipinski definition) is 2. The summed E-state index contributed by atoms with van der Waals surface area (Å²) in [5.41, 5.74) is -0.511. The molecule has 0 aliphatic heterocycles. The maximum Gasteiger partial charge on any atom is 0.416 e. The Morgan fingerprint density at radius 2 is 2.00 bits per heavy atom. The van der Waals surface area contributed by atoms with Gasteiger partial charge >= 0.3 is 6.18 Å². The van der Waals surface area contributed by atoms with Crippen molar-refractivity contribution in [2.75, 3.05) is 5.32 Å². The standard InChI is InChI=1S/C13H13ClF3N3/c1-8(2)19-12-18-5-6-20(12)11-7-9(13(15,16)17)3-4-10(11)14/h3-8H,1-2H3,(H,18,19). The van der Waals surface area contributed by atoms with Crippen molar-refractivity contribution < 1.29 is 13.2 Å². The molecular weight excluding hydrogens is 291 g/mol. The van der Waals surface area contributed by atoms with Gasteiger partial charge < -0.3 is 5.32 Å². The molecule has 0 fully saturated rings. The number of imidazole rings is 1. The fourth-order valence-corrected chi connectivity index (χ4v) is 1.95. The highest BCUT2D eigenvalue weighted by atomic mass is 35.5. The van der Waals surface area contributed by atoms with Gasteiger partial charge in [0, 0.05) is 18.4 Å². The summed E-state index contributed by atoms with van der Waals surface area (Å²) in [5.74, 6) is 0.446. The minimum Gasteiger partial charge on any atom is -0.353 e. The summed E-state index contributed by atoms with van der Waals surface area (Å²) in [6, 6.07) is 3.30. The first-order valence-electron chi connectivity index (χ1n) is 5.96. The van der Waals surface area contributed by atoms with E-state index in [1.54, 1.807) is 6.20 Å². The topological polar surface area (TPSA) is 29.9 Å². The fourth-order valence-electron chi connectivity index (χ4n) is 1.74. The predicted octanol–water partition coefficient (Wildman–Crippen LogP) is 4.36. The van der Waals surface area contributed by atoms with Crippen LogP contribution < -0.4 is 5.32 Å². The molecule has 0 bridgehead atoms. The molecule has 2 rings (SSSR count). The smallest absolute Gasteiger partial charge is 0.353 e. The summed E-state index contributed by atoms with van der Waals surface area (Å²) < 4.78 is 39.8. The van der Waals surface area contributed by atoms with Gasteiger partial charge in [-0.2, -0.15) is 13.2 Å². The molecule has 0 atom stereocenters. The molecule has 3 nitrogen and oxygen atoms in total. The first-order valence-corrected chi connectivity index (χ1v) is 6.34. The molecule has 1 N–H and O–H groups in total. The number of alkyl halides is 3. The number of rotatable bonds is 3. The Morgan fingerprint density at radius 3 is 2.60 bits per heavy atom. The zero-order valence-corrected chi connectivity index (χ0v) is 11.6. The highest BCUT2D eigenvalue weighted by molar-refractivity contribution is 6.32. The maximum atomic E-state index is 12.8. The fraction of sp³-hybridized carbons (Fsp3) is 0.308. The highest BCUT2D eigenvalue weighted by Crippen LogP contribution is 2.33. The molecule has 0 saturated heterocycles. The molecule has 1 aromatic carbocycles. The van der Waals surface area contributed by atoms with Crippen LogP contribution in [0.1, 0.15) is 19.4 Å². The van der Waals surface area contributed by atoms with Crippen LogP contribution in [0.5, 0.6) is 0 Å². The minimum atomic E-state index is -4.41. The SMILES string of the molecule is CC(C)Nc1nccn1-c1cc(C(F)(F)F)ccc1Cl. The Morgan fingerprint density at radius 1 is 1.30 bits per heavy atom. The van der Waals surface area contributed by atoms with Gasteiger partial charge in [0.2, 0.25) is 5.95 Å². The Kier molecular flexibility index (Phi) is 3.94. The lowest BCUT2D eigenvalue weighted by atomic mass is 10.2. The first kappa shape index (κ1) is 14.7. The van der Waals surface area contributed by atoms with Gasteiger partial charge in [-0.3, -0.25) is 4.57 Å². The molecule has 2 aromatic rings. The molecule has 7 heteroatoms. The van der Waals surface area contributed by atoms with Crippen molar-refractivity contribution in [3.05, 3.63) is 41.2 Å². The van der Waals surface area contributed by atoms with Crippen LogP contribution in [0.25, 0.3) is 5.69 Å². The van der Waals surface area contributed by atoms with Crippen molar-refractivity contribution >= 4 is 17.5 Å². The van der Waals surface area contributed by atoms with Gasteiger partial charge in [-0.05, 0) is 32.0 Å². The summed E-state index contributed by atoms with van der Waals surface area (Å²) in [5, 5.41) is 3.27. The molecule has 0 spiro atoms. The van der Waals surface area contributed by atoms with Crippen LogP contribution in [-0.2, 0) is 6.18 Å². The van der Waals surface area contributed by atoms with Crippen molar-refractivity contribution in [1.82, 2.24) is 9.55 Å². The van der Waals surface area contributed by atoms with Crippen LogP contribution in [-0.4, -0.2) is 15.6 Å². The van der Waals surface area contributed by atoms with Crippen LogP contribution in [0.2, 0.25) is 5.02 Å². The van der Waals surface area contributed by atoms with Crippen LogP contribution >= 0.6 is 11.6 Å². The molecule has 0 amide bonds. The molecule has 1 aromatic heterocycles. The third kappa shape index (κ3) is 3.07. The van der Waals surface area contributed by atoms with E-state index in [0.717, 1.165) is 12.1 Å². The number of halogens is 4. The Hall–Kier alpha value is -1.69. The number of aromatic nitrogens is 2. The van der Waals surface area contributed by atoms with Crippen molar-refractivity contribution in [3.8, 4) is 5.69 Å². The normalized spacial score (nSPS) is 11.9. The first-order chi connectivity index (χ1) is 9.29. The molecule has 0 saturated carbocycles. The summed E-state index contributed by atoms with van der Waals surface area (Å²) >= 11 is 6.00. The van der Waals surface area contributed by atoms with Gasteiger partial charge in [0.1, 0.15) is 0 Å². The third-order valence-corrected chi connectivity index (χ3v) is 2.91. The lowest BCUT2D eigenvalue weighted by Gasteiger charge is -2.15. The number of hydrogen-bond donors (Lipinski definition) is 1.